The van der Waals surface area contributed by atoms with Crippen LogP contribution in [-0.2, 0) is 0 Å². The molecule has 0 spiro atoms. The van der Waals surface area contributed by atoms with Crippen molar-refractivity contribution in [3.05, 3.63) is 74.8 Å². The summed E-state index contributed by atoms with van der Waals surface area (Å²) in [6.45, 7) is 0. The molecule has 0 bridgehead atoms. The summed E-state index contributed by atoms with van der Waals surface area (Å²) in [7, 11) is 0. The molecule has 92 valence electrons. The molecule has 5 heteroatoms. The molecule has 1 atom stereocenters. The number of alkyl halides is 1. The molecule has 1 unspecified atom stereocenters. The van der Waals surface area contributed by atoms with Crippen LogP contribution in [0.1, 0.15) is 16.0 Å². The second-order valence-corrected chi connectivity index (χ2v) is 5.06. The highest BCUT2D eigenvalue weighted by molar-refractivity contribution is 9.09. The quantitative estimate of drug-likeness (QED) is 0.465. The molecule has 0 radical (unpaired) electrons. The first-order valence-corrected chi connectivity index (χ1v) is 6.52. The monoisotopic (exact) mass is 325 g/mol. The number of hydrogen-bond acceptors (Lipinski definition) is 2. The first kappa shape index (κ1) is 13.1. The predicted molar refractivity (Wildman–Crippen MR) is 75.3 cm³/mol. The van der Waals surface area contributed by atoms with Gasteiger partial charge in [-0.1, -0.05) is 57.9 Å². The molecule has 0 aromatic heterocycles. The molecule has 18 heavy (non-hydrogen) atoms. The lowest BCUT2D eigenvalue weighted by atomic mass is 10.0. The summed E-state index contributed by atoms with van der Waals surface area (Å²) in [5.41, 5.74) is 1.73. The van der Waals surface area contributed by atoms with Crippen LogP contribution < -0.4 is 0 Å². The molecule has 0 amide bonds. The average Bonchev–Trinajstić information content (AvgIpc) is 2.39. The summed E-state index contributed by atoms with van der Waals surface area (Å²) in [4.78, 5) is 10.2. The molecule has 0 saturated heterocycles. The summed E-state index contributed by atoms with van der Waals surface area (Å²) in [6.07, 6.45) is 0. The zero-order valence-corrected chi connectivity index (χ0v) is 11.6. The van der Waals surface area contributed by atoms with Gasteiger partial charge in [0.2, 0.25) is 0 Å². The van der Waals surface area contributed by atoms with Crippen molar-refractivity contribution in [3.63, 3.8) is 0 Å². The highest BCUT2D eigenvalue weighted by atomic mass is 79.9. The van der Waals surface area contributed by atoms with Gasteiger partial charge in [-0.2, -0.15) is 0 Å². The number of hydrogen-bond donors (Lipinski definition) is 0. The Labute approximate surface area is 118 Å². The first-order chi connectivity index (χ1) is 8.59. The molecule has 0 saturated carbocycles. The summed E-state index contributed by atoms with van der Waals surface area (Å²) >= 11 is 9.61. The number of nitrogens with zero attached hydrogens (tertiary/aromatic N) is 1. The highest BCUT2D eigenvalue weighted by Gasteiger charge is 2.17. The second-order valence-electron chi connectivity index (χ2n) is 3.74. The summed E-state index contributed by atoms with van der Waals surface area (Å²) in [5.74, 6) is 0. The van der Waals surface area contributed by atoms with Crippen molar-refractivity contribution in [1.29, 1.82) is 0 Å². The van der Waals surface area contributed by atoms with Gasteiger partial charge in [-0.15, -0.1) is 0 Å². The largest absolute Gasteiger partial charge is 0.269 e. The van der Waals surface area contributed by atoms with Crippen LogP contribution in [0.5, 0.6) is 0 Å². The molecule has 0 heterocycles. The fourth-order valence-corrected chi connectivity index (χ4v) is 2.68. The molecule has 0 aliphatic carbocycles. The Kier molecular flexibility index (Phi) is 3.99. The van der Waals surface area contributed by atoms with Crippen LogP contribution in [0.2, 0.25) is 5.02 Å². The summed E-state index contributed by atoms with van der Waals surface area (Å²) < 4.78 is 0. The van der Waals surface area contributed by atoms with Gasteiger partial charge in [0.1, 0.15) is 0 Å². The maximum absolute atomic E-state index is 10.8. The molecule has 0 aliphatic heterocycles. The van der Waals surface area contributed by atoms with Crippen LogP contribution >= 0.6 is 27.5 Å². The Morgan fingerprint density at radius 1 is 1.17 bits per heavy atom. The molecule has 0 N–H and O–H groups in total. The number of non-ortho nitro benzene ring substituents is 1. The average molecular weight is 327 g/mol. The van der Waals surface area contributed by atoms with Gasteiger partial charge >= 0.3 is 0 Å². The maximum Gasteiger partial charge on any atom is 0.269 e. The van der Waals surface area contributed by atoms with Crippen LogP contribution in [0.15, 0.2) is 48.5 Å². The Morgan fingerprint density at radius 2 is 1.83 bits per heavy atom. The molecular formula is C13H9BrClNO2. The zero-order valence-electron chi connectivity index (χ0n) is 9.22. The van der Waals surface area contributed by atoms with E-state index in [1.807, 2.05) is 30.3 Å². The van der Waals surface area contributed by atoms with E-state index in [0.717, 1.165) is 5.56 Å². The molecule has 2 aromatic carbocycles. The summed E-state index contributed by atoms with van der Waals surface area (Å²) in [5, 5.41) is 11.3. The van der Waals surface area contributed by atoms with Crippen LogP contribution in [0.3, 0.4) is 0 Å². The van der Waals surface area contributed by atoms with Crippen molar-refractivity contribution in [2.24, 2.45) is 0 Å². The van der Waals surface area contributed by atoms with E-state index < -0.39 is 4.92 Å². The van der Waals surface area contributed by atoms with E-state index in [-0.39, 0.29) is 10.5 Å². The third-order valence-corrected chi connectivity index (χ3v) is 3.92. The minimum atomic E-state index is -0.426. The van der Waals surface area contributed by atoms with Crippen molar-refractivity contribution in [2.45, 2.75) is 4.83 Å². The molecule has 3 nitrogen and oxygen atoms in total. The fourth-order valence-electron chi connectivity index (χ4n) is 1.64. The lowest BCUT2D eigenvalue weighted by Crippen LogP contribution is -1.96. The number of nitro groups is 1. The minimum absolute atomic E-state index is 0.0368. The van der Waals surface area contributed by atoms with Crippen molar-refractivity contribution in [1.82, 2.24) is 0 Å². The van der Waals surface area contributed by atoms with E-state index in [0.29, 0.717) is 10.6 Å². The minimum Gasteiger partial charge on any atom is -0.258 e. The van der Waals surface area contributed by atoms with Gasteiger partial charge in [0.05, 0.1) is 9.75 Å². The van der Waals surface area contributed by atoms with Crippen molar-refractivity contribution < 1.29 is 4.92 Å². The Morgan fingerprint density at radius 3 is 2.44 bits per heavy atom. The topological polar surface area (TPSA) is 43.1 Å². The lowest BCUT2D eigenvalue weighted by Gasteiger charge is -2.12. The Balaban J connectivity index is 2.44. The zero-order chi connectivity index (χ0) is 13.1. The van der Waals surface area contributed by atoms with Crippen LogP contribution in [-0.4, -0.2) is 4.92 Å². The third kappa shape index (κ3) is 2.71. The molecule has 2 rings (SSSR count). The fraction of sp³-hybridized carbons (Fsp3) is 0.0769. The van der Waals surface area contributed by atoms with Gasteiger partial charge in [0.15, 0.2) is 0 Å². The van der Waals surface area contributed by atoms with Crippen LogP contribution in [0, 0.1) is 10.1 Å². The first-order valence-electron chi connectivity index (χ1n) is 5.22. The van der Waals surface area contributed by atoms with Crippen molar-refractivity contribution >= 4 is 33.2 Å². The maximum atomic E-state index is 10.8. The van der Waals surface area contributed by atoms with E-state index >= 15 is 0 Å². The van der Waals surface area contributed by atoms with Gasteiger partial charge in [-0.3, -0.25) is 10.1 Å². The van der Waals surface area contributed by atoms with Gasteiger partial charge in [-0.05, 0) is 17.2 Å². The van der Waals surface area contributed by atoms with Crippen LogP contribution in [0.25, 0.3) is 0 Å². The third-order valence-electron chi connectivity index (χ3n) is 2.56. The van der Waals surface area contributed by atoms with E-state index in [4.69, 9.17) is 11.6 Å². The standard InChI is InChI=1S/C13H9BrClNO2/c14-13(9-4-2-1-3-5-9)11-8-10(16(17)18)6-7-12(11)15/h1-8,13H. The van der Waals surface area contributed by atoms with Gasteiger partial charge < -0.3 is 0 Å². The number of halogens is 2. The van der Waals surface area contributed by atoms with E-state index in [1.165, 1.54) is 12.1 Å². The molecule has 0 fully saturated rings. The Bertz CT molecular complexity index is 574. The summed E-state index contributed by atoms with van der Waals surface area (Å²) in [6, 6.07) is 14.1. The smallest absolute Gasteiger partial charge is 0.258 e. The second kappa shape index (κ2) is 5.50. The lowest BCUT2D eigenvalue weighted by molar-refractivity contribution is -0.384. The number of benzene rings is 2. The number of rotatable bonds is 3. The molecule has 2 aromatic rings. The van der Waals surface area contributed by atoms with E-state index in [2.05, 4.69) is 15.9 Å². The van der Waals surface area contributed by atoms with Crippen LogP contribution in [0.4, 0.5) is 5.69 Å². The van der Waals surface area contributed by atoms with E-state index in [1.54, 1.807) is 6.07 Å². The SMILES string of the molecule is O=[N+]([O-])c1ccc(Cl)c(C(Br)c2ccccc2)c1. The Hall–Kier alpha value is -1.39. The normalized spacial score (nSPS) is 12.1. The van der Waals surface area contributed by atoms with E-state index in [9.17, 15) is 10.1 Å². The van der Waals surface area contributed by atoms with Gasteiger partial charge in [-0.25, -0.2) is 0 Å². The van der Waals surface area contributed by atoms with Gasteiger partial charge in [0, 0.05) is 17.2 Å². The highest BCUT2D eigenvalue weighted by Crippen LogP contribution is 2.36. The predicted octanol–water partition coefficient (Wildman–Crippen LogP) is 4.73. The molecule has 0 aliphatic rings. The van der Waals surface area contributed by atoms with Crippen molar-refractivity contribution in [3.8, 4) is 0 Å². The van der Waals surface area contributed by atoms with Crippen molar-refractivity contribution in [2.75, 3.05) is 0 Å². The van der Waals surface area contributed by atoms with Gasteiger partial charge in [0.25, 0.3) is 5.69 Å². The number of nitro benzene ring substituents is 1. The molecular weight excluding hydrogens is 318 g/mol.